The predicted molar refractivity (Wildman–Crippen MR) is 46.6 cm³/mol. The van der Waals surface area contributed by atoms with E-state index in [4.69, 9.17) is 0 Å². The van der Waals surface area contributed by atoms with Crippen molar-refractivity contribution in [3.63, 3.8) is 0 Å². The summed E-state index contributed by atoms with van der Waals surface area (Å²) >= 11 is 0. The van der Waals surface area contributed by atoms with Gasteiger partial charge in [0.25, 0.3) is 0 Å². The zero-order chi connectivity index (χ0) is 10.2. The highest BCUT2D eigenvalue weighted by Crippen LogP contribution is 2.17. The minimum atomic E-state index is -4.05. The Morgan fingerprint density at radius 2 is 1.69 bits per heavy atom. The van der Waals surface area contributed by atoms with Crippen LogP contribution in [-0.4, -0.2) is 32.4 Å². The van der Waals surface area contributed by atoms with E-state index in [2.05, 4.69) is 17.2 Å². The highest BCUT2D eigenvalue weighted by molar-refractivity contribution is 4.69. The molecule has 78 valence electrons. The first kappa shape index (κ1) is 12.4. The molecule has 0 rings (SSSR count). The highest BCUT2D eigenvalue weighted by Gasteiger charge is 2.25. The van der Waals surface area contributed by atoms with Crippen LogP contribution in [0.4, 0.5) is 13.2 Å². The second-order valence-corrected chi connectivity index (χ2v) is 2.61. The number of halogens is 3. The van der Waals surface area contributed by atoms with Crippen LogP contribution in [0.1, 0.15) is 6.42 Å². The minimum Gasteiger partial charge on any atom is -0.315 e. The molecule has 0 bridgehead atoms. The standard InChI is InChI=1S/C8H15F3N2/c1-2-4-12-6-7-13-5-3-8(9,10)11/h2,12-13H,1,3-7H2. The van der Waals surface area contributed by atoms with E-state index in [0.29, 0.717) is 19.6 Å². The summed E-state index contributed by atoms with van der Waals surface area (Å²) in [6, 6.07) is 0. The Labute approximate surface area is 76.2 Å². The predicted octanol–water partition coefficient (Wildman–Crippen LogP) is 1.30. The number of nitrogens with one attached hydrogen (secondary N) is 2. The monoisotopic (exact) mass is 196 g/mol. The molecule has 0 spiro atoms. The first-order valence-corrected chi connectivity index (χ1v) is 4.15. The van der Waals surface area contributed by atoms with Crippen molar-refractivity contribution in [2.45, 2.75) is 12.6 Å². The van der Waals surface area contributed by atoms with Crippen molar-refractivity contribution in [2.75, 3.05) is 26.2 Å². The molecule has 0 unspecified atom stereocenters. The Morgan fingerprint density at radius 3 is 2.23 bits per heavy atom. The van der Waals surface area contributed by atoms with E-state index in [1.807, 2.05) is 0 Å². The molecule has 13 heavy (non-hydrogen) atoms. The van der Waals surface area contributed by atoms with Crippen LogP contribution in [-0.2, 0) is 0 Å². The summed E-state index contributed by atoms with van der Waals surface area (Å²) < 4.78 is 34.9. The lowest BCUT2D eigenvalue weighted by atomic mass is 10.4. The van der Waals surface area contributed by atoms with Gasteiger partial charge in [-0.1, -0.05) is 6.08 Å². The van der Waals surface area contributed by atoms with Crippen molar-refractivity contribution in [3.8, 4) is 0 Å². The first-order valence-electron chi connectivity index (χ1n) is 4.15. The molecule has 0 saturated heterocycles. The van der Waals surface area contributed by atoms with E-state index >= 15 is 0 Å². The van der Waals surface area contributed by atoms with Crippen LogP contribution >= 0.6 is 0 Å². The molecule has 0 aromatic heterocycles. The molecule has 0 saturated carbocycles. The fourth-order valence-electron chi connectivity index (χ4n) is 0.736. The topological polar surface area (TPSA) is 24.1 Å². The van der Waals surface area contributed by atoms with Gasteiger partial charge in [0.2, 0.25) is 0 Å². The normalized spacial score (nSPS) is 11.6. The van der Waals surface area contributed by atoms with Gasteiger partial charge in [-0.25, -0.2) is 0 Å². The van der Waals surface area contributed by atoms with E-state index in [0.717, 1.165) is 0 Å². The van der Waals surface area contributed by atoms with Gasteiger partial charge in [0.05, 0.1) is 6.42 Å². The molecule has 0 amide bonds. The van der Waals surface area contributed by atoms with E-state index < -0.39 is 12.6 Å². The van der Waals surface area contributed by atoms with Crippen LogP contribution in [0.15, 0.2) is 12.7 Å². The second kappa shape index (κ2) is 6.91. The van der Waals surface area contributed by atoms with E-state index in [1.54, 1.807) is 6.08 Å². The Hall–Kier alpha value is -0.550. The van der Waals surface area contributed by atoms with Crippen molar-refractivity contribution in [1.82, 2.24) is 10.6 Å². The lowest BCUT2D eigenvalue weighted by molar-refractivity contribution is -0.133. The third kappa shape index (κ3) is 11.5. The van der Waals surface area contributed by atoms with Gasteiger partial charge >= 0.3 is 6.18 Å². The van der Waals surface area contributed by atoms with Crippen molar-refractivity contribution in [2.24, 2.45) is 0 Å². The van der Waals surface area contributed by atoms with Gasteiger partial charge in [0, 0.05) is 26.2 Å². The summed E-state index contributed by atoms with van der Waals surface area (Å²) in [5.74, 6) is 0. The molecule has 0 aliphatic heterocycles. The van der Waals surface area contributed by atoms with Crippen molar-refractivity contribution in [3.05, 3.63) is 12.7 Å². The average Bonchev–Trinajstić information content (AvgIpc) is 2.01. The molecule has 0 atom stereocenters. The summed E-state index contributed by atoms with van der Waals surface area (Å²) in [6.07, 6.45) is -3.12. The van der Waals surface area contributed by atoms with Crippen LogP contribution in [0.2, 0.25) is 0 Å². The third-order valence-electron chi connectivity index (χ3n) is 1.35. The number of alkyl halides is 3. The summed E-state index contributed by atoms with van der Waals surface area (Å²) in [6.45, 7) is 5.36. The van der Waals surface area contributed by atoms with Crippen LogP contribution in [0, 0.1) is 0 Å². The molecule has 0 heterocycles. The van der Waals surface area contributed by atoms with Gasteiger partial charge in [0.15, 0.2) is 0 Å². The number of hydrogen-bond acceptors (Lipinski definition) is 2. The Kier molecular flexibility index (Phi) is 6.62. The largest absolute Gasteiger partial charge is 0.390 e. The summed E-state index contributed by atoms with van der Waals surface area (Å²) in [5, 5.41) is 5.65. The van der Waals surface area contributed by atoms with Gasteiger partial charge in [0.1, 0.15) is 0 Å². The molecule has 0 fully saturated rings. The summed E-state index contributed by atoms with van der Waals surface area (Å²) in [7, 11) is 0. The molecule has 2 nitrogen and oxygen atoms in total. The molecular formula is C8H15F3N2. The van der Waals surface area contributed by atoms with Crippen molar-refractivity contribution < 1.29 is 13.2 Å². The molecule has 0 aliphatic rings. The van der Waals surface area contributed by atoms with Crippen molar-refractivity contribution in [1.29, 1.82) is 0 Å². The minimum absolute atomic E-state index is 0.0146. The molecule has 0 aromatic carbocycles. The maximum Gasteiger partial charge on any atom is 0.390 e. The fourth-order valence-corrected chi connectivity index (χ4v) is 0.736. The molecule has 2 N–H and O–H groups in total. The third-order valence-corrected chi connectivity index (χ3v) is 1.35. The SMILES string of the molecule is C=CCNCCNCCC(F)(F)F. The quantitative estimate of drug-likeness (QED) is 0.474. The zero-order valence-corrected chi connectivity index (χ0v) is 7.45. The smallest absolute Gasteiger partial charge is 0.315 e. The molecule has 0 radical (unpaired) electrons. The zero-order valence-electron chi connectivity index (χ0n) is 7.45. The van der Waals surface area contributed by atoms with Gasteiger partial charge in [-0.05, 0) is 0 Å². The Bertz CT molecular complexity index is 134. The molecule has 0 aliphatic carbocycles. The lowest BCUT2D eigenvalue weighted by Gasteiger charge is -2.07. The van der Waals surface area contributed by atoms with E-state index in [9.17, 15) is 13.2 Å². The van der Waals surface area contributed by atoms with Crippen molar-refractivity contribution >= 4 is 0 Å². The highest BCUT2D eigenvalue weighted by atomic mass is 19.4. The van der Waals surface area contributed by atoms with Gasteiger partial charge < -0.3 is 10.6 Å². The van der Waals surface area contributed by atoms with Crippen LogP contribution in [0.3, 0.4) is 0 Å². The number of hydrogen-bond donors (Lipinski definition) is 2. The van der Waals surface area contributed by atoms with E-state index in [1.165, 1.54) is 0 Å². The molecule has 0 aromatic rings. The van der Waals surface area contributed by atoms with Gasteiger partial charge in [-0.15, -0.1) is 6.58 Å². The van der Waals surface area contributed by atoms with Crippen LogP contribution in [0.25, 0.3) is 0 Å². The maximum absolute atomic E-state index is 11.6. The number of rotatable bonds is 7. The Balaban J connectivity index is 3.04. The second-order valence-electron chi connectivity index (χ2n) is 2.61. The Morgan fingerprint density at radius 1 is 1.08 bits per heavy atom. The van der Waals surface area contributed by atoms with Crippen LogP contribution in [0.5, 0.6) is 0 Å². The average molecular weight is 196 g/mol. The molecule has 5 heteroatoms. The summed E-state index contributed by atoms with van der Waals surface area (Å²) in [5.41, 5.74) is 0. The van der Waals surface area contributed by atoms with Gasteiger partial charge in [-0.2, -0.15) is 13.2 Å². The lowest BCUT2D eigenvalue weighted by Crippen LogP contribution is -2.29. The maximum atomic E-state index is 11.6. The summed E-state index contributed by atoms with van der Waals surface area (Å²) in [4.78, 5) is 0. The van der Waals surface area contributed by atoms with Gasteiger partial charge in [-0.3, -0.25) is 0 Å². The fraction of sp³-hybridized carbons (Fsp3) is 0.750. The van der Waals surface area contributed by atoms with Crippen LogP contribution < -0.4 is 10.6 Å². The van der Waals surface area contributed by atoms with E-state index in [-0.39, 0.29) is 6.54 Å². The first-order chi connectivity index (χ1) is 6.06. The molecular weight excluding hydrogens is 181 g/mol.